The van der Waals surface area contributed by atoms with Gasteiger partial charge in [-0.15, -0.1) is 0 Å². The number of aromatic nitrogens is 1. The van der Waals surface area contributed by atoms with Gasteiger partial charge in [-0.25, -0.2) is 4.79 Å². The predicted octanol–water partition coefficient (Wildman–Crippen LogP) is 5.08. The number of carbonyl (C=O) groups excluding carboxylic acids is 1. The highest BCUT2D eigenvalue weighted by Gasteiger charge is 2.27. The fourth-order valence-electron chi connectivity index (χ4n) is 2.76. The van der Waals surface area contributed by atoms with E-state index in [1.807, 2.05) is 60.7 Å². The number of esters is 1. The molecule has 0 aliphatic carbocycles. The summed E-state index contributed by atoms with van der Waals surface area (Å²) in [6.45, 7) is 2.01. The van der Waals surface area contributed by atoms with Crippen molar-refractivity contribution >= 4 is 41.4 Å². The third-order valence-electron chi connectivity index (χ3n) is 4.07. The number of aliphatic imine (C=N–C) groups is 1. The summed E-state index contributed by atoms with van der Waals surface area (Å²) >= 11 is 6.64. The summed E-state index contributed by atoms with van der Waals surface area (Å²) in [5.41, 5.74) is 1.71. The van der Waals surface area contributed by atoms with Gasteiger partial charge in [-0.3, -0.25) is 9.56 Å². The summed E-state index contributed by atoms with van der Waals surface area (Å²) in [6, 6.07) is 18.2. The van der Waals surface area contributed by atoms with E-state index >= 15 is 0 Å². The Hall–Kier alpha value is -2.77. The second kappa shape index (κ2) is 9.43. The first-order chi connectivity index (χ1) is 13.6. The Balaban J connectivity index is 1.96. The van der Waals surface area contributed by atoms with Gasteiger partial charge in [0.1, 0.15) is 10.9 Å². The molecule has 0 amide bonds. The molecule has 0 saturated heterocycles. The zero-order valence-electron chi connectivity index (χ0n) is 15.3. The van der Waals surface area contributed by atoms with E-state index in [9.17, 15) is 9.90 Å². The summed E-state index contributed by atoms with van der Waals surface area (Å²) in [4.78, 5) is 17.5. The highest BCUT2D eigenvalue weighted by Crippen LogP contribution is 2.31. The number of ether oxygens (including phenoxy) is 1. The van der Waals surface area contributed by atoms with Crippen molar-refractivity contribution in [2.75, 3.05) is 6.61 Å². The van der Waals surface area contributed by atoms with E-state index in [0.29, 0.717) is 15.3 Å². The highest BCUT2D eigenvalue weighted by molar-refractivity contribution is 7.73. The molecular weight excluding hydrogens is 392 g/mol. The number of thiazole rings is 1. The lowest BCUT2D eigenvalue weighted by Crippen LogP contribution is -2.24. The maximum Gasteiger partial charge on any atom is 0.329 e. The molecule has 0 radical (unpaired) electrons. The van der Waals surface area contributed by atoms with Gasteiger partial charge in [-0.05, 0) is 36.8 Å². The Morgan fingerprint density at radius 2 is 1.86 bits per heavy atom. The van der Waals surface area contributed by atoms with Gasteiger partial charge < -0.3 is 9.84 Å². The van der Waals surface area contributed by atoms with Crippen LogP contribution in [0.1, 0.15) is 23.4 Å². The molecule has 1 atom stereocenters. The third kappa shape index (κ3) is 4.74. The van der Waals surface area contributed by atoms with Crippen LogP contribution in [0, 0.1) is 3.95 Å². The highest BCUT2D eigenvalue weighted by atomic mass is 32.1. The molecule has 3 aromatic rings. The van der Waals surface area contributed by atoms with Crippen molar-refractivity contribution in [3.8, 4) is 5.88 Å². The monoisotopic (exact) mass is 412 g/mol. The normalized spacial score (nSPS) is 12.2. The summed E-state index contributed by atoms with van der Waals surface area (Å²) < 4.78 is 7.08. The second-order valence-corrected chi connectivity index (χ2v) is 7.65. The van der Waals surface area contributed by atoms with Crippen molar-refractivity contribution in [1.82, 2.24) is 4.57 Å². The molecule has 5 nitrogen and oxygen atoms in total. The standard InChI is InChI=1S/C21H20N2O3S2/c1-2-26-20(25)17(13-15-9-5-3-6-10-15)23-19(24)18(28-21(23)27)14-22-16-11-7-4-8-12-16/h3-12,14,17,24H,2,13H2,1H3/t17-/m1/s1. The van der Waals surface area contributed by atoms with E-state index in [-0.39, 0.29) is 12.5 Å². The first kappa shape index (κ1) is 20.0. The molecule has 1 aromatic heterocycles. The van der Waals surface area contributed by atoms with E-state index in [1.54, 1.807) is 13.1 Å². The molecular formula is C21H20N2O3S2. The molecule has 0 bridgehead atoms. The van der Waals surface area contributed by atoms with Crippen molar-refractivity contribution in [2.45, 2.75) is 19.4 Å². The molecule has 0 unspecified atom stereocenters. The SMILES string of the molecule is CCOC(=O)[C@@H](Cc1ccccc1)n1c(O)c(C=Nc2ccccc2)sc1=S. The van der Waals surface area contributed by atoms with Gasteiger partial charge in [0.25, 0.3) is 0 Å². The Morgan fingerprint density at radius 3 is 2.50 bits per heavy atom. The molecule has 28 heavy (non-hydrogen) atoms. The summed E-state index contributed by atoms with van der Waals surface area (Å²) in [5.74, 6) is -0.509. The molecule has 144 valence electrons. The minimum absolute atomic E-state index is 0.0799. The third-order valence-corrected chi connectivity index (χ3v) is 5.40. The van der Waals surface area contributed by atoms with Gasteiger partial charge in [0.15, 0.2) is 3.95 Å². The first-order valence-corrected chi connectivity index (χ1v) is 10.1. The maximum absolute atomic E-state index is 12.6. The van der Waals surface area contributed by atoms with Crippen molar-refractivity contribution in [1.29, 1.82) is 0 Å². The van der Waals surface area contributed by atoms with Crippen LogP contribution in [0.4, 0.5) is 5.69 Å². The molecule has 3 rings (SSSR count). The van der Waals surface area contributed by atoms with E-state index in [0.717, 1.165) is 11.3 Å². The lowest BCUT2D eigenvalue weighted by Gasteiger charge is -2.18. The Labute approximate surface area is 172 Å². The molecule has 0 fully saturated rings. The Kier molecular flexibility index (Phi) is 6.73. The zero-order chi connectivity index (χ0) is 19.9. The van der Waals surface area contributed by atoms with Crippen LogP contribution in [0.5, 0.6) is 5.88 Å². The van der Waals surface area contributed by atoms with Gasteiger partial charge in [0, 0.05) is 6.42 Å². The van der Waals surface area contributed by atoms with Gasteiger partial charge in [-0.1, -0.05) is 59.9 Å². The average molecular weight is 413 g/mol. The van der Waals surface area contributed by atoms with Crippen LogP contribution < -0.4 is 0 Å². The van der Waals surface area contributed by atoms with Gasteiger partial charge in [0.2, 0.25) is 5.88 Å². The molecule has 7 heteroatoms. The predicted molar refractivity (Wildman–Crippen MR) is 114 cm³/mol. The maximum atomic E-state index is 12.6. The molecule has 2 aromatic carbocycles. The van der Waals surface area contributed by atoms with Crippen molar-refractivity contribution in [3.05, 3.63) is 75.1 Å². The number of hydrogen-bond acceptors (Lipinski definition) is 6. The van der Waals surface area contributed by atoms with E-state index in [1.165, 1.54) is 15.9 Å². The van der Waals surface area contributed by atoms with E-state index in [4.69, 9.17) is 17.0 Å². The van der Waals surface area contributed by atoms with Crippen LogP contribution in [0.3, 0.4) is 0 Å². The average Bonchev–Trinajstić information content (AvgIpc) is 2.99. The summed E-state index contributed by atoms with van der Waals surface area (Å²) in [7, 11) is 0. The van der Waals surface area contributed by atoms with Crippen LogP contribution in [0.2, 0.25) is 0 Å². The number of rotatable bonds is 7. The molecule has 0 aliphatic rings. The van der Waals surface area contributed by atoms with E-state index < -0.39 is 12.0 Å². The van der Waals surface area contributed by atoms with Crippen LogP contribution in [0.15, 0.2) is 65.7 Å². The lowest BCUT2D eigenvalue weighted by atomic mass is 10.1. The molecule has 0 saturated carbocycles. The van der Waals surface area contributed by atoms with E-state index in [2.05, 4.69) is 4.99 Å². The first-order valence-electron chi connectivity index (χ1n) is 8.84. The number of carbonyl (C=O) groups is 1. The summed E-state index contributed by atoms with van der Waals surface area (Å²) in [5, 5.41) is 10.8. The summed E-state index contributed by atoms with van der Waals surface area (Å²) in [6.07, 6.45) is 1.93. The van der Waals surface area contributed by atoms with Crippen LogP contribution in [0.25, 0.3) is 0 Å². The van der Waals surface area contributed by atoms with Gasteiger partial charge in [-0.2, -0.15) is 0 Å². The minimum Gasteiger partial charge on any atom is -0.493 e. The number of aromatic hydroxyl groups is 1. The number of nitrogens with zero attached hydrogens (tertiary/aromatic N) is 2. The molecule has 1 heterocycles. The largest absolute Gasteiger partial charge is 0.493 e. The number of hydrogen-bond donors (Lipinski definition) is 1. The fourth-order valence-corrected chi connectivity index (χ4v) is 4.03. The quantitative estimate of drug-likeness (QED) is 0.334. The molecule has 0 spiro atoms. The van der Waals surface area contributed by atoms with Crippen LogP contribution in [-0.2, 0) is 16.0 Å². The van der Waals surface area contributed by atoms with Gasteiger partial charge >= 0.3 is 5.97 Å². The second-order valence-electron chi connectivity index (χ2n) is 5.98. The zero-order valence-corrected chi connectivity index (χ0v) is 17.0. The van der Waals surface area contributed by atoms with Crippen molar-refractivity contribution < 1.29 is 14.6 Å². The lowest BCUT2D eigenvalue weighted by molar-refractivity contribution is -0.147. The number of para-hydroxylation sites is 1. The van der Waals surface area contributed by atoms with Crippen molar-refractivity contribution in [2.24, 2.45) is 4.99 Å². The van der Waals surface area contributed by atoms with Crippen LogP contribution in [-0.4, -0.2) is 28.5 Å². The van der Waals surface area contributed by atoms with Crippen molar-refractivity contribution in [3.63, 3.8) is 0 Å². The number of benzene rings is 2. The van der Waals surface area contributed by atoms with Gasteiger partial charge in [0.05, 0.1) is 18.5 Å². The van der Waals surface area contributed by atoms with Crippen LogP contribution >= 0.6 is 23.6 Å². The molecule has 1 N–H and O–H groups in total. The Morgan fingerprint density at radius 1 is 1.21 bits per heavy atom. The minimum atomic E-state index is -0.745. The topological polar surface area (TPSA) is 63.8 Å². The Bertz CT molecular complexity index is 1010. The molecule has 0 aliphatic heterocycles. The fraction of sp³-hybridized carbons (Fsp3) is 0.190. The smallest absolute Gasteiger partial charge is 0.329 e.